The first-order valence-corrected chi connectivity index (χ1v) is 5.74. The fraction of sp³-hybridized carbons (Fsp3) is 0.200. The first-order chi connectivity index (χ1) is 8.15. The molecule has 2 rings (SSSR count). The Morgan fingerprint density at radius 1 is 1.47 bits per heavy atom. The summed E-state index contributed by atoms with van der Waals surface area (Å²) in [6.07, 6.45) is 1.33. The Kier molecular flexibility index (Phi) is 3.01. The lowest BCUT2D eigenvalue weighted by Gasteiger charge is -2.04. The molecule has 0 unspecified atom stereocenters. The Hall–Kier alpha value is -2.02. The third-order valence-corrected chi connectivity index (χ3v) is 3.34. The molecule has 0 aliphatic carbocycles. The van der Waals surface area contributed by atoms with Gasteiger partial charge in [-0.25, -0.2) is 9.97 Å². The van der Waals surface area contributed by atoms with Crippen LogP contribution in [0.4, 0.5) is 11.5 Å². The van der Waals surface area contributed by atoms with Crippen LogP contribution in [0, 0.1) is 17.0 Å². The number of rotatable bonds is 3. The van der Waals surface area contributed by atoms with Crippen molar-refractivity contribution < 1.29 is 4.92 Å². The quantitative estimate of drug-likeness (QED) is 0.668. The van der Waals surface area contributed by atoms with Crippen molar-refractivity contribution in [2.45, 2.75) is 6.92 Å². The number of nitro groups is 1. The summed E-state index contributed by atoms with van der Waals surface area (Å²) in [7, 11) is 1.60. The largest absolute Gasteiger partial charge is 0.367 e. The average Bonchev–Trinajstić information content (AvgIpc) is 2.74. The van der Waals surface area contributed by atoms with Crippen LogP contribution in [0.25, 0.3) is 10.6 Å². The van der Waals surface area contributed by atoms with Crippen LogP contribution < -0.4 is 5.32 Å². The van der Waals surface area contributed by atoms with E-state index in [0.29, 0.717) is 5.69 Å². The van der Waals surface area contributed by atoms with Crippen molar-refractivity contribution in [1.29, 1.82) is 0 Å². The van der Waals surface area contributed by atoms with Crippen molar-refractivity contribution in [3.8, 4) is 10.6 Å². The first-order valence-electron chi connectivity index (χ1n) is 4.86. The van der Waals surface area contributed by atoms with Crippen LogP contribution in [-0.4, -0.2) is 21.9 Å². The number of nitrogens with one attached hydrogen (secondary N) is 1. The van der Waals surface area contributed by atoms with Crippen molar-refractivity contribution in [2.75, 3.05) is 12.4 Å². The Morgan fingerprint density at radius 3 is 2.76 bits per heavy atom. The van der Waals surface area contributed by atoms with E-state index in [9.17, 15) is 10.1 Å². The molecule has 0 radical (unpaired) electrons. The summed E-state index contributed by atoms with van der Waals surface area (Å²) in [5, 5.41) is 15.7. The van der Waals surface area contributed by atoms with Crippen molar-refractivity contribution in [3.05, 3.63) is 33.5 Å². The minimum Gasteiger partial charge on any atom is -0.367 e. The van der Waals surface area contributed by atoms with Gasteiger partial charge in [0.2, 0.25) is 5.82 Å². The van der Waals surface area contributed by atoms with E-state index in [-0.39, 0.29) is 11.5 Å². The molecule has 1 N–H and O–H groups in total. The van der Waals surface area contributed by atoms with E-state index in [4.69, 9.17) is 0 Å². The van der Waals surface area contributed by atoms with Gasteiger partial charge in [-0.1, -0.05) is 0 Å². The van der Waals surface area contributed by atoms with E-state index in [2.05, 4.69) is 15.3 Å². The predicted molar refractivity (Wildman–Crippen MR) is 66.3 cm³/mol. The maximum atomic E-state index is 11.1. The van der Waals surface area contributed by atoms with Gasteiger partial charge >= 0.3 is 5.69 Å². The van der Waals surface area contributed by atoms with E-state index >= 15 is 0 Å². The second-order valence-corrected chi connectivity index (χ2v) is 4.28. The second-order valence-electron chi connectivity index (χ2n) is 3.36. The summed E-state index contributed by atoms with van der Waals surface area (Å²) in [4.78, 5) is 19.3. The van der Waals surface area contributed by atoms with Crippen molar-refractivity contribution in [2.24, 2.45) is 0 Å². The monoisotopic (exact) mass is 250 g/mol. The molecule has 0 aliphatic heterocycles. The molecular formula is C10H10N4O2S. The SMILES string of the molecule is CNc1ncnc(-c2sccc2C)c1[N+](=O)[O-]. The van der Waals surface area contributed by atoms with E-state index in [0.717, 1.165) is 10.4 Å². The lowest BCUT2D eigenvalue weighted by atomic mass is 10.2. The van der Waals surface area contributed by atoms with Gasteiger partial charge in [0, 0.05) is 7.05 Å². The summed E-state index contributed by atoms with van der Waals surface area (Å²) < 4.78 is 0. The lowest BCUT2D eigenvalue weighted by molar-refractivity contribution is -0.383. The highest BCUT2D eigenvalue weighted by molar-refractivity contribution is 7.13. The smallest absolute Gasteiger partial charge is 0.338 e. The topological polar surface area (TPSA) is 81.0 Å². The standard InChI is InChI=1S/C10H10N4O2S/c1-6-3-4-17-9(6)7-8(14(15)16)10(11-2)13-5-12-7/h3-5H,1-2H3,(H,11,12,13). The number of thiophene rings is 1. The van der Waals surface area contributed by atoms with Crippen LogP contribution in [0.1, 0.15) is 5.56 Å². The van der Waals surface area contributed by atoms with E-state index in [1.807, 2.05) is 18.4 Å². The average molecular weight is 250 g/mol. The van der Waals surface area contributed by atoms with Crippen molar-refractivity contribution in [3.63, 3.8) is 0 Å². The summed E-state index contributed by atoms with van der Waals surface area (Å²) >= 11 is 1.43. The van der Waals surface area contributed by atoms with Crippen LogP contribution in [-0.2, 0) is 0 Å². The van der Waals surface area contributed by atoms with Crippen LogP contribution in [0.3, 0.4) is 0 Å². The molecule has 2 aromatic rings. The predicted octanol–water partition coefficient (Wildman–Crippen LogP) is 2.46. The molecule has 0 aromatic carbocycles. The van der Waals surface area contributed by atoms with Gasteiger partial charge in [0.25, 0.3) is 0 Å². The van der Waals surface area contributed by atoms with E-state index in [1.165, 1.54) is 17.7 Å². The normalized spacial score (nSPS) is 10.2. The number of hydrogen-bond acceptors (Lipinski definition) is 6. The van der Waals surface area contributed by atoms with Crippen LogP contribution in [0.2, 0.25) is 0 Å². The van der Waals surface area contributed by atoms with Crippen LogP contribution in [0.15, 0.2) is 17.8 Å². The fourth-order valence-electron chi connectivity index (χ4n) is 1.52. The van der Waals surface area contributed by atoms with Gasteiger partial charge in [0.15, 0.2) is 5.69 Å². The van der Waals surface area contributed by atoms with E-state index < -0.39 is 4.92 Å². The third kappa shape index (κ3) is 1.96. The maximum Gasteiger partial charge on any atom is 0.338 e. The van der Waals surface area contributed by atoms with Gasteiger partial charge in [-0.15, -0.1) is 11.3 Å². The van der Waals surface area contributed by atoms with Gasteiger partial charge in [0.05, 0.1) is 9.80 Å². The Balaban J connectivity index is 2.70. The second kappa shape index (κ2) is 4.46. The summed E-state index contributed by atoms with van der Waals surface area (Å²) in [6.45, 7) is 1.90. The zero-order valence-corrected chi connectivity index (χ0v) is 10.1. The first kappa shape index (κ1) is 11.5. The minimum absolute atomic E-state index is 0.0828. The molecule has 0 atom stereocenters. The highest BCUT2D eigenvalue weighted by Gasteiger charge is 2.24. The molecule has 6 nitrogen and oxygen atoms in total. The zero-order chi connectivity index (χ0) is 12.4. The fourth-order valence-corrected chi connectivity index (χ4v) is 2.44. The summed E-state index contributed by atoms with van der Waals surface area (Å²) in [5.74, 6) is 0.229. The Bertz CT molecular complexity index is 567. The number of nitrogens with zero attached hydrogens (tertiary/aromatic N) is 3. The van der Waals surface area contributed by atoms with Crippen LogP contribution >= 0.6 is 11.3 Å². The molecule has 7 heteroatoms. The van der Waals surface area contributed by atoms with Gasteiger partial charge < -0.3 is 5.32 Å². The van der Waals surface area contributed by atoms with E-state index in [1.54, 1.807) is 7.05 Å². The van der Waals surface area contributed by atoms with Gasteiger partial charge in [-0.3, -0.25) is 10.1 Å². The lowest BCUT2D eigenvalue weighted by Crippen LogP contribution is -2.02. The molecule has 0 saturated heterocycles. The number of aromatic nitrogens is 2. The minimum atomic E-state index is -0.458. The van der Waals surface area contributed by atoms with Crippen molar-refractivity contribution in [1.82, 2.24) is 9.97 Å². The number of anilines is 1. The molecule has 0 bridgehead atoms. The molecule has 0 fully saturated rings. The van der Waals surface area contributed by atoms with Gasteiger partial charge in [0.1, 0.15) is 6.33 Å². The van der Waals surface area contributed by atoms with Crippen LogP contribution in [0.5, 0.6) is 0 Å². The highest BCUT2D eigenvalue weighted by Crippen LogP contribution is 2.36. The van der Waals surface area contributed by atoms with Crippen molar-refractivity contribution >= 4 is 22.8 Å². The summed E-state index contributed by atoms with van der Waals surface area (Å²) in [6, 6.07) is 1.91. The zero-order valence-electron chi connectivity index (χ0n) is 9.30. The van der Waals surface area contributed by atoms with Gasteiger partial charge in [-0.2, -0.15) is 0 Å². The molecule has 88 valence electrons. The molecular weight excluding hydrogens is 240 g/mol. The van der Waals surface area contributed by atoms with Gasteiger partial charge in [-0.05, 0) is 23.9 Å². The highest BCUT2D eigenvalue weighted by atomic mass is 32.1. The molecule has 0 aliphatic rings. The molecule has 0 spiro atoms. The summed E-state index contributed by atoms with van der Waals surface area (Å²) in [5.41, 5.74) is 1.25. The molecule has 17 heavy (non-hydrogen) atoms. The Labute approximate surface area is 102 Å². The molecule has 0 saturated carbocycles. The maximum absolute atomic E-state index is 11.1. The molecule has 2 aromatic heterocycles. The molecule has 2 heterocycles. The third-order valence-electron chi connectivity index (χ3n) is 2.32. The number of hydrogen-bond donors (Lipinski definition) is 1. The number of aryl methyl sites for hydroxylation is 1. The Morgan fingerprint density at radius 2 is 2.24 bits per heavy atom. The molecule has 0 amide bonds.